The van der Waals surface area contributed by atoms with Gasteiger partial charge in [0.2, 0.25) is 0 Å². The van der Waals surface area contributed by atoms with Crippen LogP contribution in [0.1, 0.15) is 18.5 Å². The fourth-order valence-electron chi connectivity index (χ4n) is 2.88. The minimum Gasteiger partial charge on any atom is -0.497 e. The first kappa shape index (κ1) is 19.5. The lowest BCUT2D eigenvalue weighted by atomic mass is 10.1. The van der Waals surface area contributed by atoms with Gasteiger partial charge in [0.05, 0.1) is 23.7 Å². The lowest BCUT2D eigenvalue weighted by Crippen LogP contribution is -2.33. The molecule has 0 heterocycles. The second kappa shape index (κ2) is 8.15. The Balaban J connectivity index is 2.10. The fraction of sp³-hybridized carbons (Fsp3) is 0.143. The van der Waals surface area contributed by atoms with Crippen LogP contribution < -0.4 is 9.04 Å². The average Bonchev–Trinajstić information content (AvgIpc) is 2.70. The zero-order chi connectivity index (χ0) is 19.4. The van der Waals surface area contributed by atoms with Crippen LogP contribution >= 0.6 is 15.9 Å². The average molecular weight is 446 g/mol. The van der Waals surface area contributed by atoms with Crippen molar-refractivity contribution in [3.63, 3.8) is 0 Å². The van der Waals surface area contributed by atoms with Crippen LogP contribution in [0.2, 0.25) is 0 Å². The zero-order valence-corrected chi connectivity index (χ0v) is 17.4. The molecule has 0 saturated heterocycles. The molecule has 3 aromatic rings. The molecule has 0 bridgehead atoms. The van der Waals surface area contributed by atoms with E-state index in [0.29, 0.717) is 5.69 Å². The Hall–Kier alpha value is -2.31. The first-order valence-electron chi connectivity index (χ1n) is 8.42. The number of benzene rings is 3. The predicted octanol–water partition coefficient (Wildman–Crippen LogP) is 5.41. The van der Waals surface area contributed by atoms with Crippen molar-refractivity contribution < 1.29 is 13.2 Å². The Bertz CT molecular complexity index is 988. The third kappa shape index (κ3) is 4.17. The molecule has 6 heteroatoms. The van der Waals surface area contributed by atoms with Crippen molar-refractivity contribution in [1.29, 1.82) is 0 Å². The van der Waals surface area contributed by atoms with Crippen molar-refractivity contribution in [1.82, 2.24) is 0 Å². The van der Waals surface area contributed by atoms with Crippen molar-refractivity contribution in [2.75, 3.05) is 11.4 Å². The highest BCUT2D eigenvalue weighted by Gasteiger charge is 2.30. The lowest BCUT2D eigenvalue weighted by Gasteiger charge is -2.31. The van der Waals surface area contributed by atoms with Gasteiger partial charge in [-0.15, -0.1) is 0 Å². The van der Waals surface area contributed by atoms with Crippen molar-refractivity contribution in [3.8, 4) is 5.75 Å². The van der Waals surface area contributed by atoms with Crippen molar-refractivity contribution in [2.24, 2.45) is 0 Å². The minimum absolute atomic E-state index is 0.258. The molecule has 0 aromatic heterocycles. The van der Waals surface area contributed by atoms with Gasteiger partial charge in [-0.1, -0.05) is 46.3 Å². The van der Waals surface area contributed by atoms with Gasteiger partial charge in [0.25, 0.3) is 10.0 Å². The second-order valence-electron chi connectivity index (χ2n) is 6.04. The third-order valence-electron chi connectivity index (χ3n) is 4.33. The van der Waals surface area contributed by atoms with E-state index in [-0.39, 0.29) is 4.90 Å². The summed E-state index contributed by atoms with van der Waals surface area (Å²) in [5.41, 5.74) is 1.48. The van der Waals surface area contributed by atoms with Gasteiger partial charge >= 0.3 is 0 Å². The maximum atomic E-state index is 13.4. The van der Waals surface area contributed by atoms with Gasteiger partial charge < -0.3 is 4.74 Å². The highest BCUT2D eigenvalue weighted by atomic mass is 79.9. The van der Waals surface area contributed by atoms with Crippen LogP contribution in [-0.4, -0.2) is 15.5 Å². The van der Waals surface area contributed by atoms with E-state index in [2.05, 4.69) is 15.9 Å². The van der Waals surface area contributed by atoms with Gasteiger partial charge in [-0.05, 0) is 61.0 Å². The van der Waals surface area contributed by atoms with Crippen molar-refractivity contribution in [2.45, 2.75) is 17.9 Å². The largest absolute Gasteiger partial charge is 0.497 e. The van der Waals surface area contributed by atoms with Crippen LogP contribution in [0, 0.1) is 0 Å². The Morgan fingerprint density at radius 1 is 0.889 bits per heavy atom. The standard InChI is InChI=1S/C21H20BrNO3S/c1-16(17-8-14-20(26-2)15-9-17)23(19-12-10-18(22)11-13-19)27(24,25)21-6-4-3-5-7-21/h3-16H,1-2H3. The zero-order valence-electron chi connectivity index (χ0n) is 15.0. The molecule has 0 aliphatic heterocycles. The number of anilines is 1. The Morgan fingerprint density at radius 2 is 1.48 bits per heavy atom. The number of hydrogen-bond donors (Lipinski definition) is 0. The topological polar surface area (TPSA) is 46.6 Å². The number of hydrogen-bond acceptors (Lipinski definition) is 3. The van der Waals surface area contributed by atoms with Gasteiger partial charge in [0, 0.05) is 4.47 Å². The molecule has 0 radical (unpaired) electrons. The number of halogens is 1. The molecule has 0 fully saturated rings. The number of methoxy groups -OCH3 is 1. The molecule has 0 N–H and O–H groups in total. The molecule has 3 aromatic carbocycles. The molecule has 0 aliphatic rings. The molecule has 27 heavy (non-hydrogen) atoms. The Morgan fingerprint density at radius 3 is 2.04 bits per heavy atom. The van der Waals surface area contributed by atoms with Gasteiger partial charge in [0.1, 0.15) is 5.75 Å². The highest BCUT2D eigenvalue weighted by Crippen LogP contribution is 2.34. The summed E-state index contributed by atoms with van der Waals surface area (Å²) in [7, 11) is -2.14. The maximum absolute atomic E-state index is 13.4. The first-order valence-corrected chi connectivity index (χ1v) is 10.7. The van der Waals surface area contributed by atoms with Gasteiger partial charge in [0.15, 0.2) is 0 Å². The maximum Gasteiger partial charge on any atom is 0.264 e. The number of nitrogens with zero attached hydrogens (tertiary/aromatic N) is 1. The van der Waals surface area contributed by atoms with E-state index in [1.807, 2.05) is 43.3 Å². The smallest absolute Gasteiger partial charge is 0.264 e. The summed E-state index contributed by atoms with van der Waals surface area (Å²) < 4.78 is 34.4. The fourth-order valence-corrected chi connectivity index (χ4v) is 4.81. The molecule has 3 rings (SSSR count). The summed E-state index contributed by atoms with van der Waals surface area (Å²) >= 11 is 3.41. The summed E-state index contributed by atoms with van der Waals surface area (Å²) in [5.74, 6) is 0.729. The summed E-state index contributed by atoms with van der Waals surface area (Å²) in [6.07, 6.45) is 0. The van der Waals surface area contributed by atoms with Crippen LogP contribution in [0.4, 0.5) is 5.69 Å². The highest BCUT2D eigenvalue weighted by molar-refractivity contribution is 9.10. The number of sulfonamides is 1. The van der Waals surface area contributed by atoms with E-state index in [9.17, 15) is 8.42 Å². The SMILES string of the molecule is COc1ccc(C(C)N(c2ccc(Br)cc2)S(=O)(=O)c2ccccc2)cc1. The van der Waals surface area contributed by atoms with Crippen molar-refractivity contribution in [3.05, 3.63) is 88.9 Å². The first-order chi connectivity index (χ1) is 12.9. The summed E-state index contributed by atoms with van der Waals surface area (Å²) in [5, 5.41) is 0. The molecule has 1 atom stereocenters. The van der Waals surface area contributed by atoms with E-state index in [1.54, 1.807) is 49.6 Å². The molecule has 4 nitrogen and oxygen atoms in total. The van der Waals surface area contributed by atoms with Crippen LogP contribution in [0.25, 0.3) is 0 Å². The van der Waals surface area contributed by atoms with E-state index in [1.165, 1.54) is 4.31 Å². The normalized spacial score (nSPS) is 12.4. The molecule has 140 valence electrons. The lowest BCUT2D eigenvalue weighted by molar-refractivity contribution is 0.414. The van der Waals surface area contributed by atoms with Gasteiger partial charge in [-0.2, -0.15) is 0 Å². The molecular weight excluding hydrogens is 426 g/mol. The van der Waals surface area contributed by atoms with E-state index in [4.69, 9.17) is 4.74 Å². The minimum atomic E-state index is -3.74. The molecule has 0 saturated carbocycles. The van der Waals surface area contributed by atoms with Crippen molar-refractivity contribution >= 4 is 31.6 Å². The monoisotopic (exact) mass is 445 g/mol. The summed E-state index contributed by atoms with van der Waals surface area (Å²) in [4.78, 5) is 0.258. The van der Waals surface area contributed by atoms with Crippen LogP contribution in [-0.2, 0) is 10.0 Å². The van der Waals surface area contributed by atoms with Gasteiger partial charge in [-0.25, -0.2) is 8.42 Å². The summed E-state index contributed by atoms with van der Waals surface area (Å²) in [6.45, 7) is 1.88. The molecule has 1 unspecified atom stereocenters. The molecule has 0 spiro atoms. The Labute approximate surface area is 168 Å². The quantitative estimate of drug-likeness (QED) is 0.509. The summed E-state index contributed by atoms with van der Waals surface area (Å²) in [6, 6.07) is 22.8. The van der Waals surface area contributed by atoms with E-state index < -0.39 is 16.1 Å². The van der Waals surface area contributed by atoms with Crippen LogP contribution in [0.15, 0.2) is 88.2 Å². The second-order valence-corrected chi connectivity index (χ2v) is 8.77. The molecular formula is C21H20BrNO3S. The predicted molar refractivity (Wildman–Crippen MR) is 112 cm³/mol. The van der Waals surface area contributed by atoms with Crippen LogP contribution in [0.5, 0.6) is 5.75 Å². The van der Waals surface area contributed by atoms with Crippen LogP contribution in [0.3, 0.4) is 0 Å². The number of ether oxygens (including phenoxy) is 1. The number of rotatable bonds is 6. The molecule has 0 amide bonds. The Kier molecular flexibility index (Phi) is 5.87. The van der Waals surface area contributed by atoms with Gasteiger partial charge in [-0.3, -0.25) is 4.31 Å². The van der Waals surface area contributed by atoms with E-state index in [0.717, 1.165) is 15.8 Å². The third-order valence-corrected chi connectivity index (χ3v) is 6.77. The molecule has 0 aliphatic carbocycles. The van der Waals surface area contributed by atoms with E-state index >= 15 is 0 Å².